The zero-order valence-electron chi connectivity index (χ0n) is 38.2. The van der Waals surface area contributed by atoms with Gasteiger partial charge in [-0.2, -0.15) is 9.97 Å². The summed E-state index contributed by atoms with van der Waals surface area (Å²) in [5, 5.41) is 2.25. The van der Waals surface area contributed by atoms with Crippen LogP contribution >= 0.6 is 20.1 Å². The summed E-state index contributed by atoms with van der Waals surface area (Å²) in [7, 11) is -4.08. The molecule has 0 atom stereocenters. The molecule has 14 rings (SSSR count). The minimum Gasteiger partial charge on any atom is -0.455 e. The Morgan fingerprint density at radius 3 is 1.25 bits per heavy atom. The van der Waals surface area contributed by atoms with Crippen LogP contribution in [0.15, 0.2) is 294 Å². The molecule has 12 aromatic rings. The molecular weight excluding hydrogens is 909 g/mol. The molecule has 0 saturated carbocycles. The number of hydrogen-bond donors (Lipinski definition) is 0. The highest BCUT2D eigenvalue weighted by molar-refractivity contribution is 8.34. The Kier molecular flexibility index (Phi) is 9.59. The van der Waals surface area contributed by atoms with Gasteiger partial charge in [-0.25, -0.2) is 4.98 Å². The van der Waals surface area contributed by atoms with Gasteiger partial charge in [0.15, 0.2) is 11.6 Å². The Balaban J connectivity index is 1.02. The molecule has 0 fully saturated rings. The lowest BCUT2D eigenvalue weighted by atomic mass is 10.1. The molecular formula is C63H42N4O2S2. The highest BCUT2D eigenvalue weighted by Crippen LogP contribution is 2.83. The van der Waals surface area contributed by atoms with E-state index in [2.05, 4.69) is 241 Å². The van der Waals surface area contributed by atoms with Crippen molar-refractivity contribution >= 4 is 41.9 Å². The summed E-state index contributed by atoms with van der Waals surface area (Å²) in [6, 6.07) is 90.4. The molecule has 338 valence electrons. The van der Waals surface area contributed by atoms with Gasteiger partial charge in [0.1, 0.15) is 23.0 Å². The van der Waals surface area contributed by atoms with Crippen LogP contribution in [0.4, 0.5) is 0 Å². The third kappa shape index (κ3) is 6.28. The summed E-state index contributed by atoms with van der Waals surface area (Å²) in [6.07, 6.45) is 0. The second-order valence-corrected chi connectivity index (χ2v) is 23.6. The van der Waals surface area contributed by atoms with Crippen molar-refractivity contribution in [3.63, 3.8) is 0 Å². The van der Waals surface area contributed by atoms with Crippen LogP contribution in [0.25, 0.3) is 50.5 Å². The Bertz CT molecular complexity index is 3820. The number of benzene rings is 10. The van der Waals surface area contributed by atoms with Crippen LogP contribution in [-0.4, -0.2) is 19.5 Å². The van der Waals surface area contributed by atoms with Gasteiger partial charge in [0.25, 0.3) is 0 Å². The number of ether oxygens (including phenoxy) is 2. The SMILES string of the molecule is c1ccc(S(c2ccccc2)(c2ccccc2)c2cccc(-c3nc(-c4ccc5c(c4)Oc4ccccc4S54c5ccccc5Oc5ccccc54)nc(-n4c5ccccc5c5ccccc54)n3)c2)cc1. The maximum atomic E-state index is 7.02. The van der Waals surface area contributed by atoms with Crippen LogP contribution in [0.3, 0.4) is 0 Å². The normalized spacial score (nSPS) is 13.8. The first-order chi connectivity index (χ1) is 35.2. The quantitative estimate of drug-likeness (QED) is 0.159. The molecule has 1 spiro atoms. The molecule has 6 nitrogen and oxygen atoms in total. The first-order valence-corrected chi connectivity index (χ1v) is 26.9. The summed E-state index contributed by atoms with van der Waals surface area (Å²) >= 11 is 0. The van der Waals surface area contributed by atoms with Crippen LogP contribution in [0.1, 0.15) is 0 Å². The van der Waals surface area contributed by atoms with Gasteiger partial charge in [-0.3, -0.25) is 4.57 Å². The van der Waals surface area contributed by atoms with Gasteiger partial charge >= 0.3 is 0 Å². The number of hydrogen-bond acceptors (Lipinski definition) is 5. The lowest BCUT2D eigenvalue weighted by Gasteiger charge is -2.48. The van der Waals surface area contributed by atoms with Crippen molar-refractivity contribution in [1.29, 1.82) is 0 Å². The number of nitrogens with zero attached hydrogens (tertiary/aromatic N) is 4. The third-order valence-corrected chi connectivity index (χ3v) is 21.5. The lowest BCUT2D eigenvalue weighted by molar-refractivity contribution is 0.440. The van der Waals surface area contributed by atoms with E-state index in [9.17, 15) is 0 Å². The highest BCUT2D eigenvalue weighted by Gasteiger charge is 2.46. The van der Waals surface area contributed by atoms with E-state index >= 15 is 0 Å². The second-order valence-electron chi connectivity index (χ2n) is 17.5. The van der Waals surface area contributed by atoms with Gasteiger partial charge in [-0.15, -0.1) is 20.1 Å². The standard InChI is InChI=1S/C63H42N4O2S2/c1-4-22-45(23-5-1)70(46-24-6-2-7-25-46,47-26-8-3-9-27-47)48-28-20-21-43(41-48)61-64-62(66-63(65-61)67-51-31-12-10-29-49(51)50-30-11-13-32-52(50)67)44-39-40-60-56(42-44)69-55-35-16-19-38-59(55)71(60)57-36-17-14-33-53(57)68-54-34-15-18-37-58(54)71/h1-42H. The van der Waals surface area contributed by atoms with Gasteiger partial charge in [-0.05, 0) is 115 Å². The lowest BCUT2D eigenvalue weighted by Crippen LogP contribution is -2.16. The molecule has 71 heavy (non-hydrogen) atoms. The number of para-hydroxylation sites is 5. The number of rotatable bonds is 7. The molecule has 0 radical (unpaired) electrons. The number of aromatic nitrogens is 4. The van der Waals surface area contributed by atoms with Crippen molar-refractivity contribution in [2.24, 2.45) is 0 Å². The minimum atomic E-state index is -2.07. The van der Waals surface area contributed by atoms with Crippen LogP contribution in [-0.2, 0) is 0 Å². The zero-order chi connectivity index (χ0) is 46.9. The van der Waals surface area contributed by atoms with Gasteiger partial charge in [0.05, 0.1) is 11.0 Å². The topological polar surface area (TPSA) is 62.1 Å². The molecule has 0 bridgehead atoms. The average molecular weight is 951 g/mol. The summed E-state index contributed by atoms with van der Waals surface area (Å²) < 4.78 is 15.8. The van der Waals surface area contributed by atoms with Crippen molar-refractivity contribution < 1.29 is 9.47 Å². The minimum absolute atomic E-state index is 0.527. The molecule has 0 saturated heterocycles. The molecule has 0 aliphatic carbocycles. The van der Waals surface area contributed by atoms with Gasteiger partial charge in [0.2, 0.25) is 5.95 Å². The Morgan fingerprint density at radius 1 is 0.324 bits per heavy atom. The Labute approximate surface area is 414 Å². The van der Waals surface area contributed by atoms with E-state index in [0.29, 0.717) is 17.6 Å². The van der Waals surface area contributed by atoms with Crippen molar-refractivity contribution in [3.8, 4) is 51.7 Å². The molecule has 2 aliphatic heterocycles. The molecule has 4 heterocycles. The largest absolute Gasteiger partial charge is 0.455 e. The molecule has 2 aliphatic rings. The molecule has 0 amide bonds. The predicted molar refractivity (Wildman–Crippen MR) is 285 cm³/mol. The first kappa shape index (κ1) is 41.3. The van der Waals surface area contributed by atoms with E-state index in [1.54, 1.807) is 0 Å². The fourth-order valence-electron chi connectivity index (χ4n) is 10.7. The highest BCUT2D eigenvalue weighted by atomic mass is 32.3. The van der Waals surface area contributed by atoms with Crippen LogP contribution in [0, 0.1) is 0 Å². The van der Waals surface area contributed by atoms with Crippen LogP contribution < -0.4 is 9.47 Å². The third-order valence-electron chi connectivity index (χ3n) is 13.6. The first-order valence-electron chi connectivity index (χ1n) is 23.6. The molecule has 0 N–H and O–H groups in total. The Morgan fingerprint density at radius 2 is 0.732 bits per heavy atom. The van der Waals surface area contributed by atoms with Gasteiger partial charge in [0, 0.05) is 61.1 Å². The van der Waals surface area contributed by atoms with Gasteiger partial charge < -0.3 is 9.47 Å². The van der Waals surface area contributed by atoms with E-state index in [1.165, 1.54) is 19.6 Å². The smallest absolute Gasteiger partial charge is 0.238 e. The fourth-order valence-corrected chi connectivity index (χ4v) is 18.8. The van der Waals surface area contributed by atoms with Crippen molar-refractivity contribution in [2.75, 3.05) is 0 Å². The summed E-state index contributed by atoms with van der Waals surface area (Å²) in [6.45, 7) is 0. The molecule has 2 aromatic heterocycles. The summed E-state index contributed by atoms with van der Waals surface area (Å²) in [5.74, 6) is 4.91. The molecule has 8 heteroatoms. The van der Waals surface area contributed by atoms with Crippen LogP contribution in [0.2, 0.25) is 0 Å². The zero-order valence-corrected chi connectivity index (χ0v) is 39.8. The van der Waals surface area contributed by atoms with Crippen molar-refractivity contribution in [3.05, 3.63) is 255 Å². The van der Waals surface area contributed by atoms with Crippen molar-refractivity contribution in [1.82, 2.24) is 19.5 Å². The van der Waals surface area contributed by atoms with E-state index in [0.717, 1.165) is 75.5 Å². The predicted octanol–water partition coefficient (Wildman–Crippen LogP) is 17.2. The summed E-state index contributed by atoms with van der Waals surface area (Å²) in [5.41, 5.74) is 3.72. The van der Waals surface area contributed by atoms with Crippen molar-refractivity contribution in [2.45, 2.75) is 39.2 Å². The maximum absolute atomic E-state index is 7.02. The fraction of sp³-hybridized carbons (Fsp3) is 0. The summed E-state index contributed by atoms with van der Waals surface area (Å²) in [4.78, 5) is 25.7. The Hall–Kier alpha value is -8.69. The maximum Gasteiger partial charge on any atom is 0.238 e. The molecule has 0 unspecified atom stereocenters. The molecule has 10 aromatic carbocycles. The number of fused-ring (bicyclic) bond motifs is 11. The van der Waals surface area contributed by atoms with E-state index in [4.69, 9.17) is 24.4 Å². The monoisotopic (exact) mass is 950 g/mol. The van der Waals surface area contributed by atoms with Gasteiger partial charge in [-0.1, -0.05) is 140 Å². The van der Waals surface area contributed by atoms with E-state index < -0.39 is 20.1 Å². The van der Waals surface area contributed by atoms with E-state index in [1.807, 2.05) is 18.2 Å². The van der Waals surface area contributed by atoms with Crippen LogP contribution in [0.5, 0.6) is 23.0 Å². The second kappa shape index (κ2) is 16.5. The average Bonchev–Trinajstić information content (AvgIpc) is 3.78. The van der Waals surface area contributed by atoms with E-state index in [-0.39, 0.29) is 0 Å².